The lowest BCUT2D eigenvalue weighted by Gasteiger charge is -2.29. The van der Waals surface area contributed by atoms with Gasteiger partial charge in [0.05, 0.1) is 12.0 Å². The SMILES string of the molecule is CC(C)CCCN1CC(C#N)CCC1=O. The molecule has 1 atom stereocenters. The third-order valence-corrected chi connectivity index (χ3v) is 2.89. The van der Waals surface area contributed by atoms with Gasteiger partial charge >= 0.3 is 0 Å². The van der Waals surface area contributed by atoms with E-state index >= 15 is 0 Å². The van der Waals surface area contributed by atoms with Gasteiger partial charge in [-0.05, 0) is 25.2 Å². The summed E-state index contributed by atoms with van der Waals surface area (Å²) in [6.07, 6.45) is 3.51. The van der Waals surface area contributed by atoms with Crippen molar-refractivity contribution in [1.82, 2.24) is 4.90 Å². The normalized spacial score (nSPS) is 21.9. The Balaban J connectivity index is 2.32. The maximum Gasteiger partial charge on any atom is 0.222 e. The molecule has 15 heavy (non-hydrogen) atoms. The van der Waals surface area contributed by atoms with Crippen LogP contribution in [0.15, 0.2) is 0 Å². The Labute approximate surface area is 92.1 Å². The van der Waals surface area contributed by atoms with Crippen molar-refractivity contribution in [2.75, 3.05) is 13.1 Å². The summed E-state index contributed by atoms with van der Waals surface area (Å²) < 4.78 is 0. The standard InChI is InChI=1S/C12H20N2O/c1-10(2)4-3-7-14-9-11(8-13)5-6-12(14)15/h10-11H,3-7,9H2,1-2H3. The number of carbonyl (C=O) groups excluding carboxylic acids is 1. The van der Waals surface area contributed by atoms with Gasteiger partial charge < -0.3 is 4.90 Å². The van der Waals surface area contributed by atoms with Crippen molar-refractivity contribution >= 4 is 5.91 Å². The van der Waals surface area contributed by atoms with E-state index in [2.05, 4.69) is 19.9 Å². The van der Waals surface area contributed by atoms with Gasteiger partial charge in [-0.15, -0.1) is 0 Å². The first-order valence-corrected chi connectivity index (χ1v) is 5.81. The van der Waals surface area contributed by atoms with Crippen LogP contribution in [0.4, 0.5) is 0 Å². The van der Waals surface area contributed by atoms with E-state index in [0.717, 1.165) is 25.8 Å². The Bertz CT molecular complexity index is 255. The van der Waals surface area contributed by atoms with Crippen LogP contribution < -0.4 is 0 Å². The van der Waals surface area contributed by atoms with Gasteiger partial charge in [0.15, 0.2) is 0 Å². The van der Waals surface area contributed by atoms with E-state index in [4.69, 9.17) is 5.26 Å². The van der Waals surface area contributed by atoms with Crippen LogP contribution in [0.1, 0.15) is 39.5 Å². The van der Waals surface area contributed by atoms with E-state index in [1.165, 1.54) is 0 Å². The molecule has 0 N–H and O–H groups in total. The topological polar surface area (TPSA) is 44.1 Å². The highest BCUT2D eigenvalue weighted by Gasteiger charge is 2.24. The molecule has 0 aromatic heterocycles. The lowest BCUT2D eigenvalue weighted by molar-refractivity contribution is -0.134. The number of likely N-dealkylation sites (tertiary alicyclic amines) is 1. The fraction of sp³-hybridized carbons (Fsp3) is 0.833. The van der Waals surface area contributed by atoms with E-state index in [9.17, 15) is 4.79 Å². The fourth-order valence-corrected chi connectivity index (χ4v) is 1.93. The summed E-state index contributed by atoms with van der Waals surface area (Å²) in [5.74, 6) is 0.976. The van der Waals surface area contributed by atoms with Crippen molar-refractivity contribution in [3.63, 3.8) is 0 Å². The first kappa shape index (κ1) is 12.0. The molecule has 1 saturated heterocycles. The van der Waals surface area contributed by atoms with Crippen molar-refractivity contribution in [1.29, 1.82) is 5.26 Å². The molecular weight excluding hydrogens is 188 g/mol. The Morgan fingerprint density at radius 3 is 2.93 bits per heavy atom. The molecule has 3 nitrogen and oxygen atoms in total. The summed E-state index contributed by atoms with van der Waals surface area (Å²) in [5.41, 5.74) is 0. The largest absolute Gasteiger partial charge is 0.341 e. The summed E-state index contributed by atoms with van der Waals surface area (Å²) in [4.78, 5) is 13.4. The predicted octanol–water partition coefficient (Wildman–Crippen LogP) is 2.18. The molecule has 1 heterocycles. The first-order valence-electron chi connectivity index (χ1n) is 5.81. The average Bonchev–Trinajstić information content (AvgIpc) is 2.20. The van der Waals surface area contributed by atoms with Gasteiger partial charge in [-0.1, -0.05) is 13.8 Å². The summed E-state index contributed by atoms with van der Waals surface area (Å²) >= 11 is 0. The van der Waals surface area contributed by atoms with Crippen molar-refractivity contribution in [2.45, 2.75) is 39.5 Å². The van der Waals surface area contributed by atoms with Crippen LogP contribution in [-0.4, -0.2) is 23.9 Å². The molecule has 0 aromatic rings. The lowest BCUT2D eigenvalue weighted by atomic mass is 9.98. The molecule has 1 unspecified atom stereocenters. The lowest BCUT2D eigenvalue weighted by Crippen LogP contribution is -2.40. The zero-order valence-electron chi connectivity index (χ0n) is 9.70. The quantitative estimate of drug-likeness (QED) is 0.710. The molecular formula is C12H20N2O. The van der Waals surface area contributed by atoms with E-state index in [-0.39, 0.29) is 11.8 Å². The van der Waals surface area contributed by atoms with Crippen LogP contribution in [0.2, 0.25) is 0 Å². The van der Waals surface area contributed by atoms with Crippen LogP contribution in [0.5, 0.6) is 0 Å². The molecule has 0 aliphatic carbocycles. The molecule has 0 aromatic carbocycles. The summed E-state index contributed by atoms with van der Waals surface area (Å²) in [6.45, 7) is 5.86. The number of rotatable bonds is 4. The molecule has 0 bridgehead atoms. The van der Waals surface area contributed by atoms with E-state index in [0.29, 0.717) is 18.9 Å². The molecule has 0 radical (unpaired) electrons. The number of hydrogen-bond acceptors (Lipinski definition) is 2. The molecule has 1 aliphatic heterocycles. The maximum absolute atomic E-state index is 11.5. The van der Waals surface area contributed by atoms with Gasteiger partial charge in [-0.3, -0.25) is 4.79 Å². The van der Waals surface area contributed by atoms with Gasteiger partial charge in [0.2, 0.25) is 5.91 Å². The first-order chi connectivity index (χ1) is 7.13. The number of nitriles is 1. The van der Waals surface area contributed by atoms with Gasteiger partial charge in [0.1, 0.15) is 0 Å². The Morgan fingerprint density at radius 1 is 1.60 bits per heavy atom. The Hall–Kier alpha value is -1.04. The summed E-state index contributed by atoms with van der Waals surface area (Å²) in [7, 11) is 0. The summed E-state index contributed by atoms with van der Waals surface area (Å²) in [5, 5.41) is 8.82. The third kappa shape index (κ3) is 3.91. The maximum atomic E-state index is 11.5. The molecule has 1 amide bonds. The van der Waals surface area contributed by atoms with Gasteiger partial charge in [0, 0.05) is 19.5 Å². The van der Waals surface area contributed by atoms with Crippen LogP contribution in [-0.2, 0) is 4.79 Å². The van der Waals surface area contributed by atoms with Crippen LogP contribution >= 0.6 is 0 Å². The fourth-order valence-electron chi connectivity index (χ4n) is 1.93. The van der Waals surface area contributed by atoms with Gasteiger partial charge in [-0.25, -0.2) is 0 Å². The number of carbonyl (C=O) groups is 1. The number of amides is 1. The number of hydrogen-bond donors (Lipinski definition) is 0. The van der Waals surface area contributed by atoms with E-state index in [1.54, 1.807) is 0 Å². The van der Waals surface area contributed by atoms with Crippen LogP contribution in [0.3, 0.4) is 0 Å². The average molecular weight is 208 g/mol. The predicted molar refractivity (Wildman–Crippen MR) is 59.0 cm³/mol. The highest BCUT2D eigenvalue weighted by Crippen LogP contribution is 2.17. The monoisotopic (exact) mass is 208 g/mol. The molecule has 1 aliphatic rings. The number of nitrogens with zero attached hydrogens (tertiary/aromatic N) is 2. The highest BCUT2D eigenvalue weighted by molar-refractivity contribution is 5.77. The molecule has 3 heteroatoms. The van der Waals surface area contributed by atoms with Crippen molar-refractivity contribution in [3.05, 3.63) is 0 Å². The second-order valence-electron chi connectivity index (χ2n) is 4.74. The second kappa shape index (κ2) is 5.75. The van der Waals surface area contributed by atoms with E-state index in [1.807, 2.05) is 4.90 Å². The summed E-state index contributed by atoms with van der Waals surface area (Å²) in [6, 6.07) is 2.26. The zero-order valence-corrected chi connectivity index (χ0v) is 9.70. The zero-order chi connectivity index (χ0) is 11.3. The van der Waals surface area contributed by atoms with Crippen LogP contribution in [0.25, 0.3) is 0 Å². The smallest absolute Gasteiger partial charge is 0.222 e. The van der Waals surface area contributed by atoms with Gasteiger partial charge in [0.25, 0.3) is 0 Å². The third-order valence-electron chi connectivity index (χ3n) is 2.89. The van der Waals surface area contributed by atoms with Gasteiger partial charge in [-0.2, -0.15) is 5.26 Å². The highest BCUT2D eigenvalue weighted by atomic mass is 16.2. The molecule has 0 spiro atoms. The Morgan fingerprint density at radius 2 is 2.33 bits per heavy atom. The number of piperidine rings is 1. The van der Waals surface area contributed by atoms with Crippen LogP contribution in [0, 0.1) is 23.2 Å². The second-order valence-corrected chi connectivity index (χ2v) is 4.74. The molecule has 1 fully saturated rings. The minimum atomic E-state index is 0.0572. The molecule has 0 saturated carbocycles. The Kier molecular flexibility index (Phi) is 4.61. The minimum Gasteiger partial charge on any atom is -0.341 e. The molecule has 84 valence electrons. The molecule has 1 rings (SSSR count). The minimum absolute atomic E-state index is 0.0572. The van der Waals surface area contributed by atoms with Crippen molar-refractivity contribution < 1.29 is 4.79 Å². The van der Waals surface area contributed by atoms with E-state index < -0.39 is 0 Å². The van der Waals surface area contributed by atoms with Crippen molar-refractivity contribution in [2.24, 2.45) is 11.8 Å². The van der Waals surface area contributed by atoms with Crippen molar-refractivity contribution in [3.8, 4) is 6.07 Å².